The predicted molar refractivity (Wildman–Crippen MR) is 58.0 cm³/mol. The van der Waals surface area contributed by atoms with E-state index in [4.69, 9.17) is 0 Å². The molecule has 0 aromatic heterocycles. The second-order valence-electron chi connectivity index (χ2n) is 3.75. The largest absolute Gasteiger partial charge is 0.352 e. The lowest BCUT2D eigenvalue weighted by atomic mass is 10.1. The summed E-state index contributed by atoms with van der Waals surface area (Å²) in [6, 6.07) is 0.313. The number of hydrogen-bond acceptors (Lipinski definition) is 1. The molecule has 0 saturated heterocycles. The average Bonchev–Trinajstić information content (AvgIpc) is 2.66. The van der Waals surface area contributed by atoms with E-state index in [1.165, 1.54) is 12.8 Å². The Hall–Kier alpha value is -0.0500. The second kappa shape index (κ2) is 5.63. The fourth-order valence-electron chi connectivity index (χ4n) is 1.76. The fraction of sp³-hybridized carbons (Fsp3) is 0.900. The molecule has 0 bridgehead atoms. The molecule has 1 fully saturated rings. The smallest absolute Gasteiger partial charge is 0.223 e. The van der Waals surface area contributed by atoms with Crippen LogP contribution in [0.3, 0.4) is 0 Å². The van der Waals surface area contributed by atoms with Gasteiger partial charge in [-0.05, 0) is 19.3 Å². The third kappa shape index (κ3) is 3.29. The molecule has 1 saturated carbocycles. The van der Waals surface area contributed by atoms with Crippen LogP contribution in [0.5, 0.6) is 0 Å². The maximum Gasteiger partial charge on any atom is 0.223 e. The van der Waals surface area contributed by atoms with Gasteiger partial charge in [0, 0.05) is 17.3 Å². The summed E-state index contributed by atoms with van der Waals surface area (Å²) in [5, 5.41) is 3.94. The second-order valence-corrected chi connectivity index (χ2v) is 4.40. The third-order valence-corrected chi connectivity index (χ3v) is 3.53. The van der Waals surface area contributed by atoms with Gasteiger partial charge in [0.1, 0.15) is 0 Å². The van der Waals surface area contributed by atoms with Crippen LogP contribution in [-0.2, 0) is 4.79 Å². The van der Waals surface area contributed by atoms with E-state index in [0.29, 0.717) is 12.0 Å². The van der Waals surface area contributed by atoms with Crippen LogP contribution >= 0.6 is 15.9 Å². The van der Waals surface area contributed by atoms with Crippen LogP contribution < -0.4 is 5.32 Å². The van der Waals surface area contributed by atoms with Crippen molar-refractivity contribution in [2.45, 2.75) is 45.1 Å². The highest BCUT2D eigenvalue weighted by atomic mass is 79.9. The Balaban J connectivity index is 2.30. The first-order valence-corrected chi connectivity index (χ1v) is 6.26. The van der Waals surface area contributed by atoms with E-state index in [2.05, 4.69) is 28.2 Å². The normalized spacial score (nSPS) is 20.2. The summed E-state index contributed by atoms with van der Waals surface area (Å²) < 4.78 is 0. The molecule has 0 spiro atoms. The fourth-order valence-corrected chi connectivity index (χ4v) is 2.38. The molecule has 1 rings (SSSR count). The van der Waals surface area contributed by atoms with Crippen LogP contribution in [0, 0.1) is 5.92 Å². The zero-order valence-corrected chi connectivity index (χ0v) is 9.77. The van der Waals surface area contributed by atoms with Crippen molar-refractivity contribution in [3.63, 3.8) is 0 Å². The van der Waals surface area contributed by atoms with Gasteiger partial charge in [-0.1, -0.05) is 35.7 Å². The minimum absolute atomic E-state index is 0.267. The minimum atomic E-state index is 0.267. The van der Waals surface area contributed by atoms with Gasteiger partial charge in [0.15, 0.2) is 0 Å². The lowest BCUT2D eigenvalue weighted by Gasteiger charge is -2.16. The molecule has 3 heteroatoms. The first-order chi connectivity index (χ1) is 6.27. The molecule has 2 nitrogen and oxygen atoms in total. The van der Waals surface area contributed by atoms with Crippen molar-refractivity contribution in [1.29, 1.82) is 0 Å². The van der Waals surface area contributed by atoms with E-state index in [1.54, 1.807) is 0 Å². The van der Waals surface area contributed by atoms with Crippen LogP contribution in [0.15, 0.2) is 0 Å². The van der Waals surface area contributed by atoms with Gasteiger partial charge in [-0.25, -0.2) is 0 Å². The molecule has 0 aliphatic heterocycles. The van der Waals surface area contributed by atoms with Gasteiger partial charge < -0.3 is 5.32 Å². The van der Waals surface area contributed by atoms with Gasteiger partial charge >= 0.3 is 0 Å². The van der Waals surface area contributed by atoms with E-state index < -0.39 is 0 Å². The molecule has 1 aliphatic rings. The first kappa shape index (κ1) is 11.0. The lowest BCUT2D eigenvalue weighted by Crippen LogP contribution is -2.38. The monoisotopic (exact) mass is 247 g/mol. The summed E-state index contributed by atoms with van der Waals surface area (Å²) in [6.07, 6.45) is 5.63. The van der Waals surface area contributed by atoms with E-state index in [-0.39, 0.29) is 5.91 Å². The van der Waals surface area contributed by atoms with E-state index in [0.717, 1.165) is 24.6 Å². The molecular weight excluding hydrogens is 230 g/mol. The third-order valence-electron chi connectivity index (χ3n) is 2.75. The molecule has 1 amide bonds. The Bertz CT molecular complexity index is 162. The van der Waals surface area contributed by atoms with Crippen LogP contribution in [-0.4, -0.2) is 17.3 Å². The Morgan fingerprint density at radius 2 is 2.15 bits per heavy atom. The Kier molecular flexibility index (Phi) is 4.78. The number of hydrogen-bond donors (Lipinski definition) is 1. The van der Waals surface area contributed by atoms with E-state index >= 15 is 0 Å². The highest BCUT2D eigenvalue weighted by Crippen LogP contribution is 2.24. The lowest BCUT2D eigenvalue weighted by molar-refractivity contribution is -0.125. The zero-order chi connectivity index (χ0) is 9.68. The molecule has 1 aliphatic carbocycles. The van der Waals surface area contributed by atoms with Crippen molar-refractivity contribution in [1.82, 2.24) is 5.32 Å². The Morgan fingerprint density at radius 1 is 1.54 bits per heavy atom. The van der Waals surface area contributed by atoms with Gasteiger partial charge in [0.25, 0.3) is 0 Å². The molecule has 0 aromatic carbocycles. The van der Waals surface area contributed by atoms with Crippen LogP contribution in [0.25, 0.3) is 0 Å². The SMILES string of the molecule is CCC(CBr)NC(=O)C1CCCC1. The van der Waals surface area contributed by atoms with E-state index in [9.17, 15) is 4.79 Å². The van der Waals surface area contributed by atoms with Crippen LogP contribution in [0.1, 0.15) is 39.0 Å². The molecule has 76 valence electrons. The number of halogens is 1. The molecule has 0 aromatic rings. The summed E-state index contributed by atoms with van der Waals surface area (Å²) in [5.41, 5.74) is 0. The zero-order valence-electron chi connectivity index (χ0n) is 8.18. The summed E-state index contributed by atoms with van der Waals surface area (Å²) >= 11 is 3.40. The predicted octanol–water partition coefficient (Wildman–Crippen LogP) is 2.47. The number of carbonyl (C=O) groups excluding carboxylic acids is 1. The molecule has 1 unspecified atom stereocenters. The number of alkyl halides is 1. The molecule has 13 heavy (non-hydrogen) atoms. The first-order valence-electron chi connectivity index (χ1n) is 5.14. The highest BCUT2D eigenvalue weighted by molar-refractivity contribution is 9.09. The maximum atomic E-state index is 11.6. The van der Waals surface area contributed by atoms with Crippen LogP contribution in [0.4, 0.5) is 0 Å². The molecule has 0 heterocycles. The number of nitrogens with one attached hydrogen (secondary N) is 1. The summed E-state index contributed by atoms with van der Waals surface area (Å²) in [6.45, 7) is 2.10. The Labute approximate surface area is 88.6 Å². The molecule has 0 radical (unpaired) electrons. The quantitative estimate of drug-likeness (QED) is 0.761. The van der Waals surface area contributed by atoms with Crippen molar-refractivity contribution in [2.75, 3.05) is 5.33 Å². The average molecular weight is 248 g/mol. The van der Waals surface area contributed by atoms with E-state index in [1.807, 2.05) is 0 Å². The summed E-state index contributed by atoms with van der Waals surface area (Å²) in [4.78, 5) is 11.6. The number of amides is 1. The van der Waals surface area contributed by atoms with Gasteiger partial charge in [-0.2, -0.15) is 0 Å². The standard InChI is InChI=1S/C10H18BrNO/c1-2-9(7-11)12-10(13)8-5-3-4-6-8/h8-9H,2-7H2,1H3,(H,12,13). The minimum Gasteiger partial charge on any atom is -0.352 e. The number of rotatable bonds is 4. The van der Waals surface area contributed by atoms with Gasteiger partial charge in [0.05, 0.1) is 0 Å². The summed E-state index contributed by atoms with van der Waals surface area (Å²) in [7, 11) is 0. The van der Waals surface area contributed by atoms with Crippen molar-refractivity contribution in [3.05, 3.63) is 0 Å². The van der Waals surface area contributed by atoms with Crippen molar-refractivity contribution in [2.24, 2.45) is 5.92 Å². The number of carbonyl (C=O) groups is 1. The van der Waals surface area contributed by atoms with Crippen molar-refractivity contribution < 1.29 is 4.79 Å². The highest BCUT2D eigenvalue weighted by Gasteiger charge is 2.23. The maximum absolute atomic E-state index is 11.6. The topological polar surface area (TPSA) is 29.1 Å². The van der Waals surface area contributed by atoms with Gasteiger partial charge in [-0.3, -0.25) is 4.79 Å². The molecular formula is C10H18BrNO. The van der Waals surface area contributed by atoms with Gasteiger partial charge in [-0.15, -0.1) is 0 Å². The van der Waals surface area contributed by atoms with Crippen LogP contribution in [0.2, 0.25) is 0 Å². The Morgan fingerprint density at radius 3 is 2.62 bits per heavy atom. The van der Waals surface area contributed by atoms with Crippen molar-refractivity contribution >= 4 is 21.8 Å². The van der Waals surface area contributed by atoms with Crippen molar-refractivity contribution in [3.8, 4) is 0 Å². The molecule has 1 N–H and O–H groups in total. The molecule has 1 atom stereocenters. The summed E-state index contributed by atoms with van der Waals surface area (Å²) in [5.74, 6) is 0.567. The van der Waals surface area contributed by atoms with Gasteiger partial charge in [0.2, 0.25) is 5.91 Å².